The topological polar surface area (TPSA) is 43.1 Å². The van der Waals surface area contributed by atoms with Gasteiger partial charge in [-0.25, -0.2) is 4.98 Å². The van der Waals surface area contributed by atoms with Crippen LogP contribution in [0.25, 0.3) is 5.65 Å². The molecule has 4 nitrogen and oxygen atoms in total. The van der Waals surface area contributed by atoms with Crippen molar-refractivity contribution in [1.29, 1.82) is 0 Å². The van der Waals surface area contributed by atoms with E-state index >= 15 is 0 Å². The van der Waals surface area contributed by atoms with Gasteiger partial charge in [0.05, 0.1) is 5.75 Å². The molecule has 2 rings (SSSR count). The van der Waals surface area contributed by atoms with E-state index in [1.807, 2.05) is 17.6 Å². The Hall–Kier alpha value is -0.810. The van der Waals surface area contributed by atoms with Gasteiger partial charge in [-0.2, -0.15) is 11.8 Å². The molecule has 0 aliphatic carbocycles. The van der Waals surface area contributed by atoms with E-state index in [0.717, 1.165) is 23.0 Å². The molecule has 74 valence electrons. The van der Waals surface area contributed by atoms with Gasteiger partial charge in [0, 0.05) is 6.07 Å². The third kappa shape index (κ3) is 1.57. The monoisotopic (exact) mass is 228 g/mol. The Kier molecular flexibility index (Phi) is 2.60. The number of fused-ring (bicyclic) bond motifs is 1. The van der Waals surface area contributed by atoms with Crippen LogP contribution in [0.1, 0.15) is 11.6 Å². The molecule has 0 unspecified atom stereocenters. The van der Waals surface area contributed by atoms with E-state index in [1.54, 1.807) is 17.8 Å². The average Bonchev–Trinajstić information content (AvgIpc) is 2.49. The molecule has 0 saturated heterocycles. The molecule has 0 fully saturated rings. The molecule has 0 atom stereocenters. The molecule has 0 N–H and O–H groups in total. The highest BCUT2D eigenvalue weighted by molar-refractivity contribution is 7.97. The molecular weight excluding hydrogens is 220 g/mol. The van der Waals surface area contributed by atoms with Crippen molar-refractivity contribution in [3.63, 3.8) is 0 Å². The fourth-order valence-electron chi connectivity index (χ4n) is 1.34. The normalized spacial score (nSPS) is 11.1. The van der Waals surface area contributed by atoms with Crippen LogP contribution in [0.5, 0.6) is 0 Å². The molecule has 0 spiro atoms. The predicted molar refractivity (Wildman–Crippen MR) is 57.7 cm³/mol. The molecule has 14 heavy (non-hydrogen) atoms. The summed E-state index contributed by atoms with van der Waals surface area (Å²) in [5.41, 5.74) is 0.756. The van der Waals surface area contributed by atoms with E-state index in [2.05, 4.69) is 15.2 Å². The van der Waals surface area contributed by atoms with Gasteiger partial charge in [0.15, 0.2) is 5.65 Å². The summed E-state index contributed by atoms with van der Waals surface area (Å²) in [6.45, 7) is 1.89. The van der Waals surface area contributed by atoms with Gasteiger partial charge in [-0.15, -0.1) is 10.2 Å². The number of rotatable bonds is 2. The van der Waals surface area contributed by atoms with Crippen LogP contribution in [0.15, 0.2) is 6.07 Å². The zero-order valence-corrected chi connectivity index (χ0v) is 9.43. The van der Waals surface area contributed by atoms with Gasteiger partial charge in [-0.3, -0.25) is 4.40 Å². The highest BCUT2D eigenvalue weighted by Gasteiger charge is 2.08. The summed E-state index contributed by atoms with van der Waals surface area (Å²) in [4.78, 5) is 4.16. The summed E-state index contributed by atoms with van der Waals surface area (Å²) in [6, 6.07) is 1.71. The maximum Gasteiger partial charge on any atom is 0.165 e. The number of thioether (sulfide) groups is 1. The number of hydrogen-bond donors (Lipinski definition) is 0. The number of aryl methyl sites for hydroxylation is 1. The van der Waals surface area contributed by atoms with Crippen molar-refractivity contribution in [3.8, 4) is 0 Å². The first kappa shape index (κ1) is 9.73. The van der Waals surface area contributed by atoms with E-state index in [1.165, 1.54) is 0 Å². The van der Waals surface area contributed by atoms with Crippen LogP contribution in [0.3, 0.4) is 0 Å². The summed E-state index contributed by atoms with van der Waals surface area (Å²) in [7, 11) is 0. The lowest BCUT2D eigenvalue weighted by Crippen LogP contribution is -1.99. The van der Waals surface area contributed by atoms with Crippen LogP contribution in [-0.2, 0) is 5.75 Å². The van der Waals surface area contributed by atoms with Crippen molar-refractivity contribution in [2.24, 2.45) is 0 Å². The molecule has 2 aromatic heterocycles. The lowest BCUT2D eigenvalue weighted by Gasteiger charge is -2.01. The highest BCUT2D eigenvalue weighted by atomic mass is 35.5. The van der Waals surface area contributed by atoms with Gasteiger partial charge in [0.25, 0.3) is 0 Å². The van der Waals surface area contributed by atoms with Gasteiger partial charge in [0.1, 0.15) is 16.8 Å². The van der Waals surface area contributed by atoms with E-state index in [4.69, 9.17) is 11.6 Å². The van der Waals surface area contributed by atoms with Crippen LogP contribution in [0.2, 0.25) is 5.15 Å². The van der Waals surface area contributed by atoms with Crippen molar-refractivity contribution in [3.05, 3.63) is 22.9 Å². The second kappa shape index (κ2) is 3.74. The van der Waals surface area contributed by atoms with Crippen molar-refractivity contribution in [1.82, 2.24) is 19.6 Å². The Labute approximate surface area is 90.7 Å². The first-order valence-corrected chi connectivity index (χ1v) is 5.85. The van der Waals surface area contributed by atoms with Gasteiger partial charge in [-0.1, -0.05) is 11.6 Å². The molecule has 0 bridgehead atoms. The molecule has 0 aliphatic heterocycles. The number of aromatic nitrogens is 4. The molecule has 2 heterocycles. The Bertz CT molecular complexity index is 468. The molecular formula is C8H9ClN4S. The molecule has 0 aromatic carbocycles. The minimum absolute atomic E-state index is 0.457. The molecule has 2 aromatic rings. The van der Waals surface area contributed by atoms with E-state index < -0.39 is 0 Å². The second-order valence-electron chi connectivity index (χ2n) is 2.87. The van der Waals surface area contributed by atoms with Crippen LogP contribution in [0.4, 0.5) is 0 Å². The van der Waals surface area contributed by atoms with Crippen LogP contribution < -0.4 is 0 Å². The number of nitrogens with zero attached hydrogens (tertiary/aromatic N) is 4. The number of halogens is 1. The smallest absolute Gasteiger partial charge is 0.165 e. The average molecular weight is 229 g/mol. The highest BCUT2D eigenvalue weighted by Crippen LogP contribution is 2.14. The summed E-state index contributed by atoms with van der Waals surface area (Å²) < 4.78 is 1.92. The third-order valence-corrected chi connectivity index (χ3v) is 2.61. The van der Waals surface area contributed by atoms with Gasteiger partial charge >= 0.3 is 0 Å². The second-order valence-corrected chi connectivity index (χ2v) is 4.12. The minimum atomic E-state index is 0.457. The zero-order valence-electron chi connectivity index (χ0n) is 7.86. The Morgan fingerprint density at radius 3 is 3.00 bits per heavy atom. The molecule has 0 radical (unpaired) electrons. The standard InChI is InChI=1S/C8H9ClN4S/c1-5-10-6(9)3-7-11-12-8(4-14-2)13(5)7/h3H,4H2,1-2H3. The maximum atomic E-state index is 5.81. The van der Waals surface area contributed by atoms with Gasteiger partial charge < -0.3 is 0 Å². The summed E-state index contributed by atoms with van der Waals surface area (Å²) in [5.74, 6) is 2.56. The van der Waals surface area contributed by atoms with E-state index in [9.17, 15) is 0 Å². The molecule has 0 saturated carbocycles. The van der Waals surface area contributed by atoms with Crippen LogP contribution >= 0.6 is 23.4 Å². The zero-order chi connectivity index (χ0) is 10.1. The van der Waals surface area contributed by atoms with Gasteiger partial charge in [-0.05, 0) is 13.2 Å². The molecule has 6 heteroatoms. The lowest BCUT2D eigenvalue weighted by molar-refractivity contribution is 0.920. The first-order chi connectivity index (χ1) is 6.72. The van der Waals surface area contributed by atoms with Gasteiger partial charge in [0.2, 0.25) is 0 Å². The summed E-state index contributed by atoms with van der Waals surface area (Å²) in [5, 5.41) is 8.57. The van der Waals surface area contributed by atoms with Crippen molar-refractivity contribution in [2.45, 2.75) is 12.7 Å². The van der Waals surface area contributed by atoms with Crippen molar-refractivity contribution in [2.75, 3.05) is 6.26 Å². The largest absolute Gasteiger partial charge is 0.266 e. The van der Waals surface area contributed by atoms with Crippen LogP contribution in [0, 0.1) is 6.92 Å². The fourth-order valence-corrected chi connectivity index (χ4v) is 2.01. The Balaban J connectivity index is 2.66. The quantitative estimate of drug-likeness (QED) is 0.737. The van der Waals surface area contributed by atoms with Crippen molar-refractivity contribution < 1.29 is 0 Å². The SMILES string of the molecule is CSCc1nnc2cc(Cl)nc(C)n12. The van der Waals surface area contributed by atoms with Crippen molar-refractivity contribution >= 4 is 29.0 Å². The Morgan fingerprint density at radius 1 is 1.50 bits per heavy atom. The third-order valence-electron chi connectivity index (χ3n) is 1.87. The minimum Gasteiger partial charge on any atom is -0.266 e. The molecule has 0 aliphatic rings. The summed E-state index contributed by atoms with van der Waals surface area (Å²) in [6.07, 6.45) is 2.03. The Morgan fingerprint density at radius 2 is 2.29 bits per heavy atom. The summed E-state index contributed by atoms with van der Waals surface area (Å²) >= 11 is 7.52. The van der Waals surface area contributed by atoms with E-state index in [-0.39, 0.29) is 0 Å². The molecule has 0 amide bonds. The maximum absolute atomic E-state index is 5.81. The fraction of sp³-hybridized carbons (Fsp3) is 0.375. The first-order valence-electron chi connectivity index (χ1n) is 4.08. The predicted octanol–water partition coefficient (Wildman–Crippen LogP) is 1.95. The number of hydrogen-bond acceptors (Lipinski definition) is 4. The van der Waals surface area contributed by atoms with Crippen LogP contribution in [-0.4, -0.2) is 25.8 Å². The van der Waals surface area contributed by atoms with E-state index in [0.29, 0.717) is 5.15 Å². The lowest BCUT2D eigenvalue weighted by atomic mass is 10.5.